The molecule has 0 aliphatic carbocycles. The molecule has 3 aliphatic heterocycles. The third-order valence-corrected chi connectivity index (χ3v) is 6.44. The number of likely N-dealkylation sites (tertiary alicyclic amines) is 2. The minimum Gasteiger partial charge on any atom is -0.377 e. The van der Waals surface area contributed by atoms with Crippen LogP contribution in [0.1, 0.15) is 51.9 Å². The fourth-order valence-corrected chi connectivity index (χ4v) is 4.61. The molecule has 25 heavy (non-hydrogen) atoms. The summed E-state index contributed by atoms with van der Waals surface area (Å²) in [5.74, 6) is 1.60. The standard InChI is InChI=1S/C20H37N3O2/c1-17(18-4-8-21-9-5-18)16-20(24)23-12-6-19(7-13-23)25-15-14-22-10-2-3-11-22/h17-19,21H,2-16H2,1H3. The smallest absolute Gasteiger partial charge is 0.222 e. The van der Waals surface area contributed by atoms with E-state index in [0.29, 0.717) is 17.9 Å². The van der Waals surface area contributed by atoms with Gasteiger partial charge < -0.3 is 19.9 Å². The second-order valence-corrected chi connectivity index (χ2v) is 8.27. The van der Waals surface area contributed by atoms with Gasteiger partial charge in [-0.05, 0) is 76.5 Å². The molecule has 3 aliphatic rings. The van der Waals surface area contributed by atoms with E-state index < -0.39 is 0 Å². The second kappa shape index (κ2) is 9.89. The largest absolute Gasteiger partial charge is 0.377 e. The van der Waals surface area contributed by atoms with Crippen molar-refractivity contribution in [3.05, 3.63) is 0 Å². The molecule has 0 spiro atoms. The highest BCUT2D eigenvalue weighted by molar-refractivity contribution is 5.76. The van der Waals surface area contributed by atoms with Crippen LogP contribution in [0.4, 0.5) is 0 Å². The number of carbonyl (C=O) groups is 1. The van der Waals surface area contributed by atoms with Crippen LogP contribution in [0.25, 0.3) is 0 Å². The molecule has 1 N–H and O–H groups in total. The fourth-order valence-electron chi connectivity index (χ4n) is 4.61. The molecule has 1 amide bonds. The Morgan fingerprint density at radius 3 is 2.44 bits per heavy atom. The number of hydrogen-bond acceptors (Lipinski definition) is 4. The molecule has 3 saturated heterocycles. The van der Waals surface area contributed by atoms with Crippen molar-refractivity contribution >= 4 is 5.91 Å². The van der Waals surface area contributed by atoms with E-state index in [-0.39, 0.29) is 0 Å². The maximum Gasteiger partial charge on any atom is 0.222 e. The predicted octanol–water partition coefficient (Wildman–Crippen LogP) is 2.12. The quantitative estimate of drug-likeness (QED) is 0.763. The van der Waals surface area contributed by atoms with E-state index in [1.165, 1.54) is 38.8 Å². The van der Waals surface area contributed by atoms with Gasteiger partial charge in [-0.15, -0.1) is 0 Å². The van der Waals surface area contributed by atoms with Crippen molar-refractivity contribution < 1.29 is 9.53 Å². The first-order chi connectivity index (χ1) is 12.2. The van der Waals surface area contributed by atoms with Crippen molar-refractivity contribution in [1.82, 2.24) is 15.1 Å². The SMILES string of the molecule is CC(CC(=O)N1CCC(OCCN2CCCC2)CC1)C1CCNCC1. The van der Waals surface area contributed by atoms with Gasteiger partial charge in [0.25, 0.3) is 0 Å². The van der Waals surface area contributed by atoms with Crippen LogP contribution >= 0.6 is 0 Å². The lowest BCUT2D eigenvalue weighted by Crippen LogP contribution is -2.42. The first-order valence-corrected chi connectivity index (χ1v) is 10.5. The lowest BCUT2D eigenvalue weighted by atomic mass is 9.84. The summed E-state index contributed by atoms with van der Waals surface area (Å²) >= 11 is 0. The van der Waals surface area contributed by atoms with E-state index in [4.69, 9.17) is 4.74 Å². The summed E-state index contributed by atoms with van der Waals surface area (Å²) in [4.78, 5) is 17.2. The lowest BCUT2D eigenvalue weighted by molar-refractivity contribution is -0.135. The maximum absolute atomic E-state index is 12.6. The van der Waals surface area contributed by atoms with Gasteiger partial charge in [0.15, 0.2) is 0 Å². The molecule has 3 rings (SSSR count). The highest BCUT2D eigenvalue weighted by Crippen LogP contribution is 2.25. The van der Waals surface area contributed by atoms with Crippen LogP contribution in [0.15, 0.2) is 0 Å². The molecule has 0 saturated carbocycles. The van der Waals surface area contributed by atoms with Gasteiger partial charge in [-0.3, -0.25) is 4.79 Å². The zero-order chi connectivity index (χ0) is 17.5. The molecule has 0 aromatic heterocycles. The van der Waals surface area contributed by atoms with Gasteiger partial charge in [0.2, 0.25) is 5.91 Å². The summed E-state index contributed by atoms with van der Waals surface area (Å²) in [7, 11) is 0. The van der Waals surface area contributed by atoms with Crippen LogP contribution in [-0.4, -0.2) is 74.2 Å². The Labute approximate surface area is 153 Å². The Bertz CT molecular complexity index is 398. The topological polar surface area (TPSA) is 44.8 Å². The highest BCUT2D eigenvalue weighted by Gasteiger charge is 2.27. The normalized spacial score (nSPS) is 25.4. The second-order valence-electron chi connectivity index (χ2n) is 8.27. The number of nitrogens with zero attached hydrogens (tertiary/aromatic N) is 2. The summed E-state index contributed by atoms with van der Waals surface area (Å²) < 4.78 is 6.06. The molecule has 5 nitrogen and oxygen atoms in total. The number of ether oxygens (including phenoxy) is 1. The molecule has 0 aromatic rings. The zero-order valence-electron chi connectivity index (χ0n) is 16.0. The maximum atomic E-state index is 12.6. The Balaban J connectivity index is 1.30. The third-order valence-electron chi connectivity index (χ3n) is 6.44. The molecule has 5 heteroatoms. The predicted molar refractivity (Wildman–Crippen MR) is 101 cm³/mol. The molecule has 3 fully saturated rings. The van der Waals surface area contributed by atoms with E-state index in [2.05, 4.69) is 22.0 Å². The van der Waals surface area contributed by atoms with Crippen molar-refractivity contribution in [1.29, 1.82) is 0 Å². The van der Waals surface area contributed by atoms with Crippen LogP contribution in [0.3, 0.4) is 0 Å². The Morgan fingerprint density at radius 1 is 1.08 bits per heavy atom. The molecule has 0 aromatic carbocycles. The minimum atomic E-state index is 0.355. The molecule has 3 heterocycles. The van der Waals surface area contributed by atoms with E-state index in [0.717, 1.165) is 64.5 Å². The van der Waals surface area contributed by atoms with Crippen LogP contribution in [0.5, 0.6) is 0 Å². The number of hydrogen-bond donors (Lipinski definition) is 1. The molecule has 0 bridgehead atoms. The molecule has 1 atom stereocenters. The van der Waals surface area contributed by atoms with Gasteiger partial charge in [0.05, 0.1) is 12.7 Å². The number of nitrogens with one attached hydrogen (secondary N) is 1. The molecular weight excluding hydrogens is 314 g/mol. The van der Waals surface area contributed by atoms with Crippen LogP contribution in [0.2, 0.25) is 0 Å². The Morgan fingerprint density at radius 2 is 1.76 bits per heavy atom. The van der Waals surface area contributed by atoms with Crippen molar-refractivity contribution in [2.75, 3.05) is 52.4 Å². The molecule has 1 unspecified atom stereocenters. The first-order valence-electron chi connectivity index (χ1n) is 10.5. The van der Waals surface area contributed by atoms with Crippen molar-refractivity contribution in [2.45, 2.75) is 58.0 Å². The van der Waals surface area contributed by atoms with Crippen molar-refractivity contribution in [3.8, 4) is 0 Å². The van der Waals surface area contributed by atoms with Crippen molar-refractivity contribution in [2.24, 2.45) is 11.8 Å². The van der Waals surface area contributed by atoms with Gasteiger partial charge in [0.1, 0.15) is 0 Å². The zero-order valence-corrected chi connectivity index (χ0v) is 16.0. The summed E-state index contributed by atoms with van der Waals surface area (Å²) in [6, 6.07) is 0. The summed E-state index contributed by atoms with van der Waals surface area (Å²) in [6.45, 7) is 10.7. The summed E-state index contributed by atoms with van der Waals surface area (Å²) in [5.41, 5.74) is 0. The van der Waals surface area contributed by atoms with Gasteiger partial charge in [0, 0.05) is 26.1 Å². The summed E-state index contributed by atoms with van der Waals surface area (Å²) in [5, 5.41) is 3.41. The van der Waals surface area contributed by atoms with E-state index in [1.807, 2.05) is 0 Å². The number of rotatable bonds is 7. The molecule has 0 radical (unpaired) electrons. The minimum absolute atomic E-state index is 0.355. The number of carbonyl (C=O) groups excluding carboxylic acids is 1. The lowest BCUT2D eigenvalue weighted by Gasteiger charge is -2.34. The first kappa shape index (κ1) is 19.1. The number of amides is 1. The van der Waals surface area contributed by atoms with E-state index in [9.17, 15) is 4.79 Å². The highest BCUT2D eigenvalue weighted by atomic mass is 16.5. The average Bonchev–Trinajstić information content (AvgIpc) is 3.16. The monoisotopic (exact) mass is 351 g/mol. The Kier molecular flexibility index (Phi) is 7.56. The Hall–Kier alpha value is -0.650. The van der Waals surface area contributed by atoms with Gasteiger partial charge in [-0.25, -0.2) is 0 Å². The van der Waals surface area contributed by atoms with Crippen LogP contribution in [0, 0.1) is 11.8 Å². The summed E-state index contributed by atoms with van der Waals surface area (Å²) in [6.07, 6.45) is 8.23. The average molecular weight is 352 g/mol. The van der Waals surface area contributed by atoms with Crippen LogP contribution < -0.4 is 5.32 Å². The van der Waals surface area contributed by atoms with Gasteiger partial charge in [-0.1, -0.05) is 6.92 Å². The molecule has 144 valence electrons. The van der Waals surface area contributed by atoms with Crippen LogP contribution in [-0.2, 0) is 9.53 Å². The van der Waals surface area contributed by atoms with Gasteiger partial charge in [-0.2, -0.15) is 0 Å². The van der Waals surface area contributed by atoms with E-state index >= 15 is 0 Å². The van der Waals surface area contributed by atoms with Gasteiger partial charge >= 0.3 is 0 Å². The fraction of sp³-hybridized carbons (Fsp3) is 0.950. The third kappa shape index (κ3) is 5.93. The van der Waals surface area contributed by atoms with E-state index in [1.54, 1.807) is 0 Å². The molecular formula is C20H37N3O2. The van der Waals surface area contributed by atoms with Crippen molar-refractivity contribution in [3.63, 3.8) is 0 Å². The number of piperidine rings is 2.